The predicted octanol–water partition coefficient (Wildman–Crippen LogP) is 4.46. The van der Waals surface area contributed by atoms with Gasteiger partial charge >= 0.3 is 0 Å². The van der Waals surface area contributed by atoms with E-state index in [1.54, 1.807) is 0 Å². The zero-order chi connectivity index (χ0) is 13.4. The monoisotopic (exact) mass is 306 g/mol. The molecule has 1 N–H and O–H groups in total. The molecule has 1 aliphatic carbocycles. The van der Waals surface area contributed by atoms with Crippen LogP contribution in [0.4, 0.5) is 0 Å². The average Bonchev–Trinajstić information content (AvgIpc) is 2.60. The molecule has 1 aliphatic rings. The lowest BCUT2D eigenvalue weighted by molar-refractivity contribution is 0.0930. The van der Waals surface area contributed by atoms with Crippen molar-refractivity contribution in [1.29, 1.82) is 0 Å². The fourth-order valence-electron chi connectivity index (χ4n) is 2.32. The smallest absolute Gasteiger partial charge is 0.168 e. The molecule has 0 spiro atoms. The first-order valence-electron chi connectivity index (χ1n) is 5.80. The van der Waals surface area contributed by atoms with Crippen LogP contribution in [0.3, 0.4) is 0 Å². The molecule has 2 nitrogen and oxygen atoms in total. The van der Waals surface area contributed by atoms with Crippen LogP contribution in [0.1, 0.15) is 35.7 Å². The van der Waals surface area contributed by atoms with Gasteiger partial charge in [0.15, 0.2) is 5.78 Å². The molecule has 0 aromatic heterocycles. The number of phenols is 1. The lowest BCUT2D eigenvalue weighted by atomic mass is 9.98. The van der Waals surface area contributed by atoms with E-state index >= 15 is 0 Å². The number of carbonyl (C=O) groups is 1. The normalized spacial score (nSPS) is 20.0. The Balaban J connectivity index is 2.28. The summed E-state index contributed by atoms with van der Waals surface area (Å²) in [6, 6.07) is 1.53. The minimum atomic E-state index is -0.100. The van der Waals surface area contributed by atoms with E-state index in [-0.39, 0.29) is 32.9 Å². The lowest BCUT2D eigenvalue weighted by Crippen LogP contribution is -2.10. The molecule has 18 heavy (non-hydrogen) atoms. The van der Waals surface area contributed by atoms with Gasteiger partial charge in [0, 0.05) is 16.9 Å². The van der Waals surface area contributed by atoms with E-state index in [0.717, 1.165) is 18.4 Å². The van der Waals surface area contributed by atoms with Gasteiger partial charge < -0.3 is 5.11 Å². The van der Waals surface area contributed by atoms with Gasteiger partial charge in [-0.25, -0.2) is 0 Å². The molecular formula is C13H13Cl3O2. The minimum absolute atomic E-state index is 0.00853. The predicted molar refractivity (Wildman–Crippen MR) is 74.2 cm³/mol. The van der Waals surface area contributed by atoms with Gasteiger partial charge in [-0.2, -0.15) is 0 Å². The second kappa shape index (κ2) is 5.28. The van der Waals surface area contributed by atoms with E-state index < -0.39 is 0 Å². The van der Waals surface area contributed by atoms with E-state index in [0.29, 0.717) is 12.0 Å². The van der Waals surface area contributed by atoms with Crippen LogP contribution in [0.5, 0.6) is 5.75 Å². The molecule has 1 aromatic rings. The van der Waals surface area contributed by atoms with Crippen LogP contribution in [0.2, 0.25) is 10.0 Å². The van der Waals surface area contributed by atoms with Crippen molar-refractivity contribution in [3.8, 4) is 5.75 Å². The molecule has 0 bridgehead atoms. The van der Waals surface area contributed by atoms with Crippen molar-refractivity contribution in [2.24, 2.45) is 5.92 Å². The highest BCUT2D eigenvalue weighted by Crippen LogP contribution is 2.42. The molecular weight excluding hydrogens is 295 g/mol. The molecule has 0 heterocycles. The molecule has 0 fully saturated rings. The van der Waals surface area contributed by atoms with Crippen LogP contribution in [-0.2, 0) is 6.42 Å². The summed E-state index contributed by atoms with van der Waals surface area (Å²) in [5.74, 6) is -0.162. The second-order valence-corrected chi connectivity index (χ2v) is 6.18. The summed E-state index contributed by atoms with van der Waals surface area (Å²) >= 11 is 17.8. The molecule has 0 saturated carbocycles. The Bertz CT molecular complexity index is 497. The lowest BCUT2D eigenvalue weighted by Gasteiger charge is -2.08. The maximum absolute atomic E-state index is 12.2. The highest BCUT2D eigenvalue weighted by molar-refractivity contribution is 6.45. The first-order chi connectivity index (χ1) is 8.41. The van der Waals surface area contributed by atoms with Crippen LogP contribution < -0.4 is 0 Å². The van der Waals surface area contributed by atoms with Crippen molar-refractivity contribution >= 4 is 40.6 Å². The molecule has 0 amide bonds. The number of phenolic OH excluding ortho intramolecular Hbond substituents is 1. The molecule has 0 radical (unpaired) electrons. The number of fused-ring (bicyclic) bond motifs is 1. The Morgan fingerprint density at radius 3 is 2.72 bits per heavy atom. The number of rotatable bonds is 3. The van der Waals surface area contributed by atoms with Crippen LogP contribution in [0.25, 0.3) is 0 Å². The maximum atomic E-state index is 12.2. The van der Waals surface area contributed by atoms with E-state index in [9.17, 15) is 9.90 Å². The summed E-state index contributed by atoms with van der Waals surface area (Å²) < 4.78 is 0. The number of Topliss-reactive ketones (excluding diaryl/α,β-unsaturated/α-hetero) is 1. The Morgan fingerprint density at radius 1 is 1.44 bits per heavy atom. The van der Waals surface area contributed by atoms with Crippen molar-refractivity contribution in [1.82, 2.24) is 0 Å². The second-order valence-electron chi connectivity index (χ2n) is 4.68. The van der Waals surface area contributed by atoms with Gasteiger partial charge in [-0.05, 0) is 37.8 Å². The third kappa shape index (κ3) is 2.47. The number of benzene rings is 1. The Kier molecular flexibility index (Phi) is 4.10. The highest BCUT2D eigenvalue weighted by atomic mass is 35.5. The van der Waals surface area contributed by atoms with Gasteiger partial charge in [0.2, 0.25) is 0 Å². The molecule has 1 aromatic carbocycles. The van der Waals surface area contributed by atoms with Crippen molar-refractivity contribution in [3.05, 3.63) is 27.2 Å². The number of alkyl halides is 1. The number of carbonyl (C=O) groups excluding carboxylic acids is 1. The van der Waals surface area contributed by atoms with Crippen LogP contribution in [0.15, 0.2) is 6.07 Å². The topological polar surface area (TPSA) is 37.3 Å². The fourth-order valence-corrected chi connectivity index (χ4v) is 2.90. The van der Waals surface area contributed by atoms with E-state index in [1.165, 1.54) is 6.07 Å². The largest absolute Gasteiger partial charge is 0.506 e. The molecule has 2 unspecified atom stereocenters. The maximum Gasteiger partial charge on any atom is 0.168 e. The van der Waals surface area contributed by atoms with Crippen LogP contribution in [0, 0.1) is 5.92 Å². The van der Waals surface area contributed by atoms with Crippen molar-refractivity contribution in [2.75, 3.05) is 0 Å². The fraction of sp³-hybridized carbons (Fsp3) is 0.462. The zero-order valence-corrected chi connectivity index (χ0v) is 12.1. The van der Waals surface area contributed by atoms with Crippen molar-refractivity contribution < 1.29 is 9.90 Å². The van der Waals surface area contributed by atoms with E-state index in [1.807, 2.05) is 6.92 Å². The molecule has 2 rings (SSSR count). The SMILES string of the molecule is CC(Cl)CCC1Cc2cc(O)c(Cl)c(Cl)c2C1=O. The Labute approximate surface area is 121 Å². The quantitative estimate of drug-likeness (QED) is 0.837. The number of ketones is 1. The Hall–Kier alpha value is -0.440. The first kappa shape index (κ1) is 14.0. The number of aromatic hydroxyl groups is 1. The first-order valence-corrected chi connectivity index (χ1v) is 6.99. The minimum Gasteiger partial charge on any atom is -0.506 e. The summed E-state index contributed by atoms with van der Waals surface area (Å²) in [7, 11) is 0. The average molecular weight is 308 g/mol. The van der Waals surface area contributed by atoms with Crippen molar-refractivity contribution in [2.45, 2.75) is 31.6 Å². The summed E-state index contributed by atoms with van der Waals surface area (Å²) in [5.41, 5.74) is 1.24. The molecule has 0 saturated heterocycles. The highest BCUT2D eigenvalue weighted by Gasteiger charge is 2.34. The van der Waals surface area contributed by atoms with Crippen LogP contribution in [-0.4, -0.2) is 16.3 Å². The van der Waals surface area contributed by atoms with Crippen molar-refractivity contribution in [3.63, 3.8) is 0 Å². The molecule has 5 heteroatoms. The zero-order valence-electron chi connectivity index (χ0n) is 9.84. The number of hydrogen-bond acceptors (Lipinski definition) is 2. The summed E-state index contributed by atoms with van der Waals surface area (Å²) in [6.45, 7) is 1.91. The standard InChI is InChI=1S/C13H13Cl3O2/c1-6(14)2-3-7-4-8-5-9(17)11(15)12(16)10(8)13(7)18/h5-7,17H,2-4H2,1H3. The van der Waals surface area contributed by atoms with Gasteiger partial charge in [0.05, 0.1) is 5.02 Å². The number of hydrogen-bond donors (Lipinski definition) is 1. The van der Waals surface area contributed by atoms with Gasteiger partial charge in [-0.1, -0.05) is 23.2 Å². The third-order valence-electron chi connectivity index (χ3n) is 3.27. The Morgan fingerprint density at radius 2 is 2.11 bits per heavy atom. The molecule has 2 atom stereocenters. The van der Waals surface area contributed by atoms with Crippen LogP contribution >= 0.6 is 34.8 Å². The summed E-state index contributed by atoms with van der Waals surface area (Å²) in [6.07, 6.45) is 2.11. The summed E-state index contributed by atoms with van der Waals surface area (Å²) in [5, 5.41) is 9.87. The van der Waals surface area contributed by atoms with Gasteiger partial charge in [-0.3, -0.25) is 4.79 Å². The molecule has 0 aliphatic heterocycles. The van der Waals surface area contributed by atoms with Gasteiger partial charge in [0.1, 0.15) is 10.8 Å². The van der Waals surface area contributed by atoms with E-state index in [2.05, 4.69) is 0 Å². The van der Waals surface area contributed by atoms with Gasteiger partial charge in [0.25, 0.3) is 0 Å². The molecule has 98 valence electrons. The van der Waals surface area contributed by atoms with E-state index in [4.69, 9.17) is 34.8 Å². The van der Waals surface area contributed by atoms with Gasteiger partial charge in [-0.15, -0.1) is 11.6 Å². The summed E-state index contributed by atoms with van der Waals surface area (Å²) in [4.78, 5) is 12.2. The third-order valence-corrected chi connectivity index (χ3v) is 4.34. The number of halogens is 3.